The smallest absolute Gasteiger partial charge is 0.326 e. The number of thioether (sulfide) groups is 1. The first-order chi connectivity index (χ1) is 15.3. The van der Waals surface area contributed by atoms with Crippen molar-refractivity contribution < 1.29 is 29.1 Å². The molecule has 0 spiro atoms. The molecule has 4 amide bonds. The minimum Gasteiger partial charge on any atom is -0.480 e. The Labute approximate surface area is 199 Å². The second-order valence-electron chi connectivity index (χ2n) is 8.71. The minimum absolute atomic E-state index is 0.118. The molecule has 33 heavy (non-hydrogen) atoms. The van der Waals surface area contributed by atoms with Crippen LogP contribution < -0.4 is 27.4 Å². The fourth-order valence-corrected chi connectivity index (χ4v) is 3.46. The number of rotatable bonds is 16. The van der Waals surface area contributed by atoms with Crippen molar-refractivity contribution in [2.75, 3.05) is 12.0 Å². The van der Waals surface area contributed by atoms with Gasteiger partial charge in [-0.3, -0.25) is 19.2 Å². The van der Waals surface area contributed by atoms with Crippen LogP contribution in [0.25, 0.3) is 0 Å². The van der Waals surface area contributed by atoms with E-state index in [-0.39, 0.29) is 31.1 Å². The molecule has 8 N–H and O–H groups in total. The van der Waals surface area contributed by atoms with Crippen molar-refractivity contribution in [2.45, 2.75) is 77.5 Å². The van der Waals surface area contributed by atoms with Gasteiger partial charge in [0.15, 0.2) is 0 Å². The first-order valence-electron chi connectivity index (χ1n) is 11.0. The molecule has 190 valence electrons. The largest absolute Gasteiger partial charge is 0.480 e. The van der Waals surface area contributed by atoms with Gasteiger partial charge in [-0.1, -0.05) is 27.7 Å². The number of carboxylic acids is 1. The summed E-state index contributed by atoms with van der Waals surface area (Å²) in [5.74, 6) is -3.39. The number of carboxylic acid groups (broad SMARTS) is 1. The molecule has 0 saturated heterocycles. The Kier molecular flexibility index (Phi) is 14.4. The van der Waals surface area contributed by atoms with E-state index < -0.39 is 53.8 Å². The molecule has 0 aromatic heterocycles. The predicted molar refractivity (Wildman–Crippen MR) is 127 cm³/mol. The van der Waals surface area contributed by atoms with Gasteiger partial charge in [0.25, 0.3) is 0 Å². The highest BCUT2D eigenvalue weighted by atomic mass is 32.2. The molecule has 11 nitrogen and oxygen atoms in total. The zero-order valence-corrected chi connectivity index (χ0v) is 20.9. The summed E-state index contributed by atoms with van der Waals surface area (Å²) in [6.07, 6.45) is 2.13. The highest BCUT2D eigenvalue weighted by Gasteiger charge is 2.31. The van der Waals surface area contributed by atoms with Crippen molar-refractivity contribution >= 4 is 41.4 Å². The van der Waals surface area contributed by atoms with E-state index in [0.29, 0.717) is 12.2 Å². The molecule has 4 atom stereocenters. The molecule has 12 heteroatoms. The number of aliphatic carboxylic acids is 1. The van der Waals surface area contributed by atoms with Crippen molar-refractivity contribution in [2.24, 2.45) is 23.3 Å². The van der Waals surface area contributed by atoms with Gasteiger partial charge in [-0.2, -0.15) is 11.8 Å². The van der Waals surface area contributed by atoms with E-state index in [1.807, 2.05) is 20.1 Å². The summed E-state index contributed by atoms with van der Waals surface area (Å²) >= 11 is 1.43. The molecule has 0 aromatic carbocycles. The fourth-order valence-electron chi connectivity index (χ4n) is 2.99. The number of hydrogen-bond donors (Lipinski definition) is 6. The van der Waals surface area contributed by atoms with E-state index in [0.717, 1.165) is 0 Å². The standard InChI is InChI=1S/C21H39N5O6S/c1-11(2)10-13(22)18(28)26-17(12(3)4)20(30)24-14(6-7-16(23)27)19(29)25-15(21(31)32)8-9-33-5/h11-15,17H,6-10,22H2,1-5H3,(H2,23,27)(H,24,30)(H,25,29)(H,26,28)(H,31,32). The SMILES string of the molecule is CSCCC(NC(=O)C(CCC(N)=O)NC(=O)C(NC(=O)C(N)CC(C)C)C(C)C)C(=O)O. The summed E-state index contributed by atoms with van der Waals surface area (Å²) in [5, 5.41) is 16.9. The lowest BCUT2D eigenvalue weighted by atomic mass is 9.99. The number of carbonyl (C=O) groups is 5. The Morgan fingerprint density at radius 3 is 1.91 bits per heavy atom. The molecular formula is C21H39N5O6S. The van der Waals surface area contributed by atoms with Gasteiger partial charge in [0, 0.05) is 6.42 Å². The molecular weight excluding hydrogens is 450 g/mol. The zero-order chi connectivity index (χ0) is 25.7. The van der Waals surface area contributed by atoms with Gasteiger partial charge in [-0.15, -0.1) is 0 Å². The Morgan fingerprint density at radius 2 is 1.45 bits per heavy atom. The van der Waals surface area contributed by atoms with E-state index in [9.17, 15) is 29.1 Å². The van der Waals surface area contributed by atoms with Crippen LogP contribution in [0.2, 0.25) is 0 Å². The summed E-state index contributed by atoms with van der Waals surface area (Å²) in [6, 6.07) is -4.12. The highest BCUT2D eigenvalue weighted by molar-refractivity contribution is 7.98. The average molecular weight is 490 g/mol. The van der Waals surface area contributed by atoms with Crippen LogP contribution in [0, 0.1) is 11.8 Å². The van der Waals surface area contributed by atoms with Crippen LogP contribution in [0.5, 0.6) is 0 Å². The van der Waals surface area contributed by atoms with Crippen molar-refractivity contribution in [3.63, 3.8) is 0 Å². The van der Waals surface area contributed by atoms with Crippen molar-refractivity contribution in [1.82, 2.24) is 16.0 Å². The second kappa shape index (κ2) is 15.5. The van der Waals surface area contributed by atoms with Crippen LogP contribution in [0.15, 0.2) is 0 Å². The van der Waals surface area contributed by atoms with E-state index in [1.54, 1.807) is 13.8 Å². The van der Waals surface area contributed by atoms with Gasteiger partial charge in [0.05, 0.1) is 6.04 Å². The Bertz CT molecular complexity index is 688. The Morgan fingerprint density at radius 1 is 0.879 bits per heavy atom. The summed E-state index contributed by atoms with van der Waals surface area (Å²) in [4.78, 5) is 60.8. The highest BCUT2D eigenvalue weighted by Crippen LogP contribution is 2.08. The summed E-state index contributed by atoms with van der Waals surface area (Å²) in [5.41, 5.74) is 11.1. The number of hydrogen-bond acceptors (Lipinski definition) is 7. The van der Waals surface area contributed by atoms with Gasteiger partial charge in [0.2, 0.25) is 23.6 Å². The van der Waals surface area contributed by atoms with Gasteiger partial charge in [0.1, 0.15) is 18.1 Å². The van der Waals surface area contributed by atoms with Gasteiger partial charge < -0.3 is 32.5 Å². The van der Waals surface area contributed by atoms with Crippen LogP contribution in [0.4, 0.5) is 0 Å². The summed E-state index contributed by atoms with van der Waals surface area (Å²) in [7, 11) is 0. The first kappa shape index (κ1) is 30.7. The molecule has 4 unspecified atom stereocenters. The van der Waals surface area contributed by atoms with Gasteiger partial charge in [-0.25, -0.2) is 4.79 Å². The predicted octanol–water partition coefficient (Wildman–Crippen LogP) is -0.427. The number of carbonyl (C=O) groups excluding carboxylic acids is 4. The zero-order valence-electron chi connectivity index (χ0n) is 20.1. The molecule has 0 aliphatic rings. The molecule has 0 saturated carbocycles. The van der Waals surface area contributed by atoms with Crippen molar-refractivity contribution in [3.8, 4) is 0 Å². The summed E-state index contributed by atoms with van der Waals surface area (Å²) in [6.45, 7) is 7.29. The van der Waals surface area contributed by atoms with E-state index in [4.69, 9.17) is 11.5 Å². The van der Waals surface area contributed by atoms with Gasteiger partial charge in [-0.05, 0) is 43.1 Å². The Hall–Kier alpha value is -2.34. The maximum atomic E-state index is 12.9. The molecule has 0 rings (SSSR count). The van der Waals surface area contributed by atoms with E-state index in [1.165, 1.54) is 11.8 Å². The third-order valence-electron chi connectivity index (χ3n) is 4.85. The minimum atomic E-state index is -1.20. The summed E-state index contributed by atoms with van der Waals surface area (Å²) < 4.78 is 0. The normalized spacial score (nSPS) is 14.8. The van der Waals surface area contributed by atoms with E-state index in [2.05, 4.69) is 16.0 Å². The van der Waals surface area contributed by atoms with Crippen molar-refractivity contribution in [1.29, 1.82) is 0 Å². The van der Waals surface area contributed by atoms with Gasteiger partial charge >= 0.3 is 5.97 Å². The number of amides is 4. The maximum Gasteiger partial charge on any atom is 0.326 e. The quantitative estimate of drug-likeness (QED) is 0.168. The van der Waals surface area contributed by atoms with Crippen LogP contribution >= 0.6 is 11.8 Å². The molecule has 0 aliphatic heterocycles. The molecule has 0 radical (unpaired) electrons. The number of nitrogens with one attached hydrogen (secondary N) is 3. The van der Waals surface area contributed by atoms with E-state index >= 15 is 0 Å². The molecule has 0 bridgehead atoms. The van der Waals surface area contributed by atoms with Crippen LogP contribution in [0.3, 0.4) is 0 Å². The lowest BCUT2D eigenvalue weighted by molar-refractivity contribution is -0.142. The average Bonchev–Trinajstić information content (AvgIpc) is 2.70. The maximum absolute atomic E-state index is 12.9. The third-order valence-corrected chi connectivity index (χ3v) is 5.49. The van der Waals surface area contributed by atoms with Crippen LogP contribution in [0.1, 0.15) is 53.4 Å². The Balaban J connectivity index is 5.45. The second-order valence-corrected chi connectivity index (χ2v) is 9.70. The van der Waals surface area contributed by atoms with Crippen LogP contribution in [-0.4, -0.2) is 70.9 Å². The monoisotopic (exact) mass is 489 g/mol. The molecule has 0 aliphatic carbocycles. The number of primary amides is 1. The first-order valence-corrected chi connectivity index (χ1v) is 12.4. The topological polar surface area (TPSA) is 194 Å². The lowest BCUT2D eigenvalue weighted by Crippen LogP contribution is -2.58. The number of nitrogens with two attached hydrogens (primary N) is 2. The van der Waals surface area contributed by atoms with Crippen LogP contribution in [-0.2, 0) is 24.0 Å². The lowest BCUT2D eigenvalue weighted by Gasteiger charge is -2.27. The third kappa shape index (κ3) is 12.5. The molecule has 0 aromatic rings. The fraction of sp³-hybridized carbons (Fsp3) is 0.762. The molecule has 0 fully saturated rings. The molecule has 0 heterocycles. The van der Waals surface area contributed by atoms with Crippen molar-refractivity contribution in [3.05, 3.63) is 0 Å².